The number of ether oxygens (including phenoxy) is 1. The Labute approximate surface area is 122 Å². The van der Waals surface area contributed by atoms with Gasteiger partial charge in [-0.1, -0.05) is 12.1 Å². The van der Waals surface area contributed by atoms with Gasteiger partial charge in [0.2, 0.25) is 0 Å². The lowest BCUT2D eigenvalue weighted by molar-refractivity contribution is 0.0372. The SMILES string of the molecule is CC(C)OC(=O)c1nc(Br)sc1-c1cccc(F)c1. The minimum Gasteiger partial charge on any atom is -0.458 e. The summed E-state index contributed by atoms with van der Waals surface area (Å²) < 4.78 is 18.9. The zero-order chi connectivity index (χ0) is 14.0. The summed E-state index contributed by atoms with van der Waals surface area (Å²) in [7, 11) is 0. The van der Waals surface area contributed by atoms with Gasteiger partial charge < -0.3 is 4.74 Å². The number of hydrogen-bond acceptors (Lipinski definition) is 4. The van der Waals surface area contributed by atoms with Crippen molar-refractivity contribution in [3.63, 3.8) is 0 Å². The van der Waals surface area contributed by atoms with E-state index in [4.69, 9.17) is 4.74 Å². The first kappa shape index (κ1) is 14.1. The molecule has 0 atom stereocenters. The Morgan fingerprint density at radius 3 is 2.84 bits per heavy atom. The van der Waals surface area contributed by atoms with Crippen LogP contribution in [0.1, 0.15) is 24.3 Å². The Morgan fingerprint density at radius 1 is 1.47 bits per heavy atom. The van der Waals surface area contributed by atoms with E-state index in [1.807, 2.05) is 0 Å². The predicted molar refractivity (Wildman–Crippen MR) is 75.8 cm³/mol. The summed E-state index contributed by atoms with van der Waals surface area (Å²) in [5, 5.41) is 0. The van der Waals surface area contributed by atoms with Crippen molar-refractivity contribution in [3.05, 3.63) is 39.7 Å². The average Bonchev–Trinajstić information content (AvgIpc) is 2.70. The molecule has 100 valence electrons. The van der Waals surface area contributed by atoms with Crippen LogP contribution in [0.5, 0.6) is 0 Å². The molecule has 0 radical (unpaired) electrons. The molecule has 0 aliphatic carbocycles. The highest BCUT2D eigenvalue weighted by Gasteiger charge is 2.21. The Balaban J connectivity index is 2.44. The van der Waals surface area contributed by atoms with Crippen molar-refractivity contribution < 1.29 is 13.9 Å². The van der Waals surface area contributed by atoms with E-state index in [1.54, 1.807) is 26.0 Å². The zero-order valence-electron chi connectivity index (χ0n) is 10.3. The monoisotopic (exact) mass is 343 g/mol. The standard InChI is InChI=1S/C13H11BrFNO2S/c1-7(2)18-12(17)10-11(19-13(14)16-10)8-4-3-5-9(15)6-8/h3-7H,1-2H3. The summed E-state index contributed by atoms with van der Waals surface area (Å²) in [6.07, 6.45) is -0.228. The summed E-state index contributed by atoms with van der Waals surface area (Å²) in [5.74, 6) is -0.860. The van der Waals surface area contributed by atoms with Crippen molar-refractivity contribution in [1.29, 1.82) is 0 Å². The van der Waals surface area contributed by atoms with E-state index in [0.29, 0.717) is 14.4 Å². The summed E-state index contributed by atoms with van der Waals surface area (Å²) in [5.41, 5.74) is 0.815. The first-order chi connectivity index (χ1) is 8.97. The van der Waals surface area contributed by atoms with Crippen LogP contribution >= 0.6 is 27.3 Å². The van der Waals surface area contributed by atoms with E-state index in [0.717, 1.165) is 0 Å². The third-order valence-electron chi connectivity index (χ3n) is 2.22. The molecule has 0 fully saturated rings. The number of hydrogen-bond donors (Lipinski definition) is 0. The molecule has 0 N–H and O–H groups in total. The molecule has 0 aliphatic rings. The second kappa shape index (κ2) is 5.79. The highest BCUT2D eigenvalue weighted by Crippen LogP contribution is 2.33. The van der Waals surface area contributed by atoms with Gasteiger partial charge in [0.25, 0.3) is 0 Å². The van der Waals surface area contributed by atoms with Gasteiger partial charge in [0.05, 0.1) is 11.0 Å². The third kappa shape index (κ3) is 3.39. The first-order valence-electron chi connectivity index (χ1n) is 5.60. The fraction of sp³-hybridized carbons (Fsp3) is 0.231. The minimum atomic E-state index is -0.504. The number of benzene rings is 1. The zero-order valence-corrected chi connectivity index (χ0v) is 12.7. The lowest BCUT2D eigenvalue weighted by Gasteiger charge is -2.07. The van der Waals surface area contributed by atoms with Gasteiger partial charge in [-0.2, -0.15) is 0 Å². The average molecular weight is 344 g/mol. The van der Waals surface area contributed by atoms with Crippen LogP contribution in [-0.4, -0.2) is 17.1 Å². The van der Waals surface area contributed by atoms with Crippen LogP contribution in [-0.2, 0) is 4.74 Å². The van der Waals surface area contributed by atoms with E-state index in [1.165, 1.54) is 23.5 Å². The first-order valence-corrected chi connectivity index (χ1v) is 7.21. The molecule has 1 aromatic heterocycles. The molecule has 6 heteroatoms. The van der Waals surface area contributed by atoms with Gasteiger partial charge in [0.15, 0.2) is 9.61 Å². The maximum absolute atomic E-state index is 13.3. The molecule has 0 bridgehead atoms. The smallest absolute Gasteiger partial charge is 0.358 e. The van der Waals surface area contributed by atoms with Crippen molar-refractivity contribution >= 4 is 33.2 Å². The number of halogens is 2. The molecule has 0 unspecified atom stereocenters. The van der Waals surface area contributed by atoms with Crippen LogP contribution < -0.4 is 0 Å². The molecule has 0 amide bonds. The molecule has 0 spiro atoms. The number of esters is 1. The molecule has 0 aliphatic heterocycles. The molecule has 3 nitrogen and oxygen atoms in total. The molecule has 1 heterocycles. The van der Waals surface area contributed by atoms with Crippen molar-refractivity contribution in [2.45, 2.75) is 20.0 Å². The molecule has 19 heavy (non-hydrogen) atoms. The summed E-state index contributed by atoms with van der Waals surface area (Å²) in [4.78, 5) is 16.7. The van der Waals surface area contributed by atoms with Crippen LogP contribution in [0.15, 0.2) is 28.2 Å². The van der Waals surface area contributed by atoms with Gasteiger partial charge in [-0.05, 0) is 47.5 Å². The largest absolute Gasteiger partial charge is 0.458 e. The van der Waals surface area contributed by atoms with E-state index in [9.17, 15) is 9.18 Å². The topological polar surface area (TPSA) is 39.2 Å². The summed E-state index contributed by atoms with van der Waals surface area (Å²) >= 11 is 4.51. The number of thiazole rings is 1. The van der Waals surface area contributed by atoms with Gasteiger partial charge in [-0.3, -0.25) is 0 Å². The van der Waals surface area contributed by atoms with Crippen LogP contribution in [0.2, 0.25) is 0 Å². The number of carbonyl (C=O) groups excluding carboxylic acids is 1. The third-order valence-corrected chi connectivity index (χ3v) is 3.78. The van der Waals surface area contributed by atoms with Crippen molar-refractivity contribution in [2.24, 2.45) is 0 Å². The summed E-state index contributed by atoms with van der Waals surface area (Å²) in [6, 6.07) is 6.04. The van der Waals surface area contributed by atoms with Crippen LogP contribution in [0.25, 0.3) is 10.4 Å². The van der Waals surface area contributed by atoms with Crippen molar-refractivity contribution in [1.82, 2.24) is 4.98 Å². The minimum absolute atomic E-state index is 0.205. The number of carbonyl (C=O) groups is 1. The molecular weight excluding hydrogens is 333 g/mol. The van der Waals surface area contributed by atoms with Gasteiger partial charge in [-0.25, -0.2) is 14.2 Å². The normalized spacial score (nSPS) is 10.8. The van der Waals surface area contributed by atoms with Crippen molar-refractivity contribution in [2.75, 3.05) is 0 Å². The number of nitrogens with zero attached hydrogens (tertiary/aromatic N) is 1. The second-order valence-electron chi connectivity index (χ2n) is 4.11. The fourth-order valence-corrected chi connectivity index (χ4v) is 2.97. The quantitative estimate of drug-likeness (QED) is 0.781. The molecular formula is C13H11BrFNO2S. The molecule has 2 aromatic rings. The molecule has 1 aromatic carbocycles. The highest BCUT2D eigenvalue weighted by molar-refractivity contribution is 9.11. The fourth-order valence-electron chi connectivity index (χ4n) is 1.53. The lowest BCUT2D eigenvalue weighted by Crippen LogP contribution is -2.12. The van der Waals surface area contributed by atoms with Crippen molar-refractivity contribution in [3.8, 4) is 10.4 Å². The van der Waals surface area contributed by atoms with Crippen LogP contribution in [0.4, 0.5) is 4.39 Å². The summed E-state index contributed by atoms with van der Waals surface area (Å²) in [6.45, 7) is 3.53. The second-order valence-corrected chi connectivity index (χ2v) is 6.38. The molecule has 0 saturated carbocycles. The van der Waals surface area contributed by atoms with Crippen LogP contribution in [0, 0.1) is 5.82 Å². The molecule has 0 saturated heterocycles. The number of aromatic nitrogens is 1. The van der Waals surface area contributed by atoms with Gasteiger partial charge in [-0.15, -0.1) is 11.3 Å². The highest BCUT2D eigenvalue weighted by atomic mass is 79.9. The van der Waals surface area contributed by atoms with Crippen LogP contribution in [0.3, 0.4) is 0 Å². The molecule has 2 rings (SSSR count). The van der Waals surface area contributed by atoms with E-state index >= 15 is 0 Å². The van der Waals surface area contributed by atoms with E-state index in [2.05, 4.69) is 20.9 Å². The van der Waals surface area contributed by atoms with Gasteiger partial charge >= 0.3 is 5.97 Å². The maximum atomic E-state index is 13.3. The Morgan fingerprint density at radius 2 is 2.21 bits per heavy atom. The maximum Gasteiger partial charge on any atom is 0.358 e. The van der Waals surface area contributed by atoms with E-state index in [-0.39, 0.29) is 17.6 Å². The van der Waals surface area contributed by atoms with Gasteiger partial charge in [0, 0.05) is 0 Å². The van der Waals surface area contributed by atoms with Gasteiger partial charge in [0.1, 0.15) is 5.82 Å². The van der Waals surface area contributed by atoms with E-state index < -0.39 is 5.97 Å². The Kier molecular flexibility index (Phi) is 4.31. The lowest BCUT2D eigenvalue weighted by atomic mass is 10.1. The Bertz CT molecular complexity index is 612. The predicted octanol–water partition coefficient (Wildman–Crippen LogP) is 4.28. The Hall–Kier alpha value is -1.27. The number of rotatable bonds is 3.